The number of carbonyl (C=O) groups is 1. The Hall–Kier alpha value is -1.69. The third-order valence-electron chi connectivity index (χ3n) is 5.89. The van der Waals surface area contributed by atoms with Crippen LogP contribution in [0.3, 0.4) is 0 Å². The molecule has 1 aromatic carbocycles. The molecule has 2 heterocycles. The number of hydrogen-bond acceptors (Lipinski definition) is 3. The van der Waals surface area contributed by atoms with Gasteiger partial charge in [0.25, 0.3) is 0 Å². The van der Waals surface area contributed by atoms with Gasteiger partial charge in [0.1, 0.15) is 17.9 Å². The fourth-order valence-electron chi connectivity index (χ4n) is 3.48. The van der Waals surface area contributed by atoms with E-state index in [0.717, 1.165) is 18.7 Å². The maximum absolute atomic E-state index is 14.0. The molecular weight excluding hydrogens is 362 g/mol. The summed E-state index contributed by atoms with van der Waals surface area (Å²) < 4.78 is 32.5. The van der Waals surface area contributed by atoms with Crippen LogP contribution in [0.25, 0.3) is 0 Å². The lowest BCUT2D eigenvalue weighted by Gasteiger charge is -2.35. The molecule has 3 rings (SSSR count). The van der Waals surface area contributed by atoms with Crippen molar-refractivity contribution in [1.29, 1.82) is 0 Å². The second-order valence-electron chi connectivity index (χ2n) is 7.79. The number of ether oxygens (including phenoxy) is 1. The van der Waals surface area contributed by atoms with Crippen molar-refractivity contribution in [2.24, 2.45) is 0 Å². The molecule has 1 N–H and O–H groups in total. The van der Waals surface area contributed by atoms with Crippen LogP contribution in [0.1, 0.15) is 57.9 Å². The van der Waals surface area contributed by atoms with Crippen molar-refractivity contribution >= 4 is 6.09 Å². The van der Waals surface area contributed by atoms with Crippen molar-refractivity contribution in [3.8, 4) is 0 Å². The zero-order valence-corrected chi connectivity index (χ0v) is 17.2. The van der Waals surface area contributed by atoms with Crippen molar-refractivity contribution < 1.29 is 18.3 Å². The lowest BCUT2D eigenvalue weighted by molar-refractivity contribution is 0.0390. The van der Waals surface area contributed by atoms with Crippen LogP contribution in [-0.2, 0) is 11.3 Å². The molecule has 6 heteroatoms. The number of nitrogens with zero attached hydrogens (tertiary/aromatic N) is 1. The van der Waals surface area contributed by atoms with Crippen molar-refractivity contribution in [2.75, 3.05) is 26.2 Å². The molecule has 2 aliphatic rings. The number of likely N-dealkylation sites (tertiary alicyclic amines) is 1. The molecular formula is C22H34F2N2O2. The molecule has 0 radical (unpaired) electrons. The van der Waals surface area contributed by atoms with Gasteiger partial charge in [-0.1, -0.05) is 44.2 Å². The summed E-state index contributed by atoms with van der Waals surface area (Å²) in [5, 5.41) is 3.13. The van der Waals surface area contributed by atoms with E-state index in [0.29, 0.717) is 51.6 Å². The largest absolute Gasteiger partial charge is 0.445 e. The number of alkyl halides is 2. The van der Waals surface area contributed by atoms with Crippen LogP contribution < -0.4 is 5.32 Å². The Morgan fingerprint density at radius 1 is 1.00 bits per heavy atom. The minimum atomic E-state index is -1.10. The van der Waals surface area contributed by atoms with Gasteiger partial charge in [0.15, 0.2) is 0 Å². The van der Waals surface area contributed by atoms with Crippen molar-refractivity contribution in [1.82, 2.24) is 10.2 Å². The SMILES string of the molecule is CCC1(F)CCN(C(=O)OCc2ccccc2)CC1.CCC1(F)CCNCC1. The summed E-state index contributed by atoms with van der Waals surface area (Å²) in [6.45, 7) is 6.63. The number of amides is 1. The van der Waals surface area contributed by atoms with Crippen LogP contribution >= 0.6 is 0 Å². The maximum atomic E-state index is 14.0. The Labute approximate surface area is 167 Å². The lowest BCUT2D eigenvalue weighted by atomic mass is 9.91. The second-order valence-corrected chi connectivity index (χ2v) is 7.79. The third-order valence-corrected chi connectivity index (χ3v) is 5.89. The number of halogens is 2. The summed E-state index contributed by atoms with van der Waals surface area (Å²) in [6, 6.07) is 9.55. The molecule has 0 spiro atoms. The molecule has 0 unspecified atom stereocenters. The second kappa shape index (κ2) is 10.7. The minimum Gasteiger partial charge on any atom is -0.445 e. The van der Waals surface area contributed by atoms with Gasteiger partial charge in [-0.05, 0) is 57.2 Å². The predicted octanol–water partition coefficient (Wildman–Crippen LogP) is 5.03. The molecule has 0 saturated carbocycles. The van der Waals surface area contributed by atoms with Gasteiger partial charge < -0.3 is 15.0 Å². The summed E-state index contributed by atoms with van der Waals surface area (Å²) >= 11 is 0. The van der Waals surface area contributed by atoms with Crippen molar-refractivity contribution in [2.45, 2.75) is 70.3 Å². The minimum absolute atomic E-state index is 0.269. The molecule has 2 saturated heterocycles. The van der Waals surface area contributed by atoms with Crippen LogP contribution in [-0.4, -0.2) is 48.5 Å². The Morgan fingerprint density at radius 3 is 2.04 bits per heavy atom. The summed E-state index contributed by atoms with van der Waals surface area (Å²) in [5.41, 5.74) is -0.983. The smallest absolute Gasteiger partial charge is 0.410 e. The van der Waals surface area contributed by atoms with Gasteiger partial charge in [0, 0.05) is 13.1 Å². The van der Waals surface area contributed by atoms with E-state index in [1.165, 1.54) is 0 Å². The maximum Gasteiger partial charge on any atom is 0.410 e. The normalized spacial score (nSPS) is 20.6. The molecule has 1 aromatic rings. The van der Waals surface area contributed by atoms with E-state index in [-0.39, 0.29) is 12.7 Å². The van der Waals surface area contributed by atoms with Crippen LogP contribution in [0, 0.1) is 0 Å². The fourth-order valence-corrected chi connectivity index (χ4v) is 3.48. The van der Waals surface area contributed by atoms with Crippen LogP contribution in [0.15, 0.2) is 30.3 Å². The van der Waals surface area contributed by atoms with Gasteiger partial charge in [-0.15, -0.1) is 0 Å². The summed E-state index contributed by atoms with van der Waals surface area (Å²) in [4.78, 5) is 13.4. The molecule has 28 heavy (non-hydrogen) atoms. The van der Waals surface area contributed by atoms with Gasteiger partial charge in [-0.3, -0.25) is 0 Å². The van der Waals surface area contributed by atoms with E-state index < -0.39 is 11.3 Å². The van der Waals surface area contributed by atoms with E-state index in [9.17, 15) is 13.6 Å². The number of carbonyl (C=O) groups excluding carboxylic acids is 1. The number of rotatable bonds is 4. The third kappa shape index (κ3) is 7.04. The van der Waals surface area contributed by atoms with Gasteiger partial charge in [-0.25, -0.2) is 13.6 Å². The standard InChI is InChI=1S/C15H20FNO2.C7H14FN/c1-2-15(16)8-10-17(11-9-15)14(18)19-12-13-6-4-3-5-7-13;1-2-7(8)3-5-9-6-4-7/h3-7H,2,8-12H2,1H3;9H,2-6H2,1H3. The first kappa shape index (κ1) is 22.6. The highest BCUT2D eigenvalue weighted by atomic mass is 19.1. The van der Waals surface area contributed by atoms with Crippen LogP contribution in [0.5, 0.6) is 0 Å². The Morgan fingerprint density at radius 2 is 1.54 bits per heavy atom. The first-order chi connectivity index (χ1) is 13.4. The molecule has 0 aromatic heterocycles. The summed E-state index contributed by atoms with van der Waals surface area (Å²) in [7, 11) is 0. The molecule has 158 valence electrons. The van der Waals surface area contributed by atoms with Crippen molar-refractivity contribution in [3.63, 3.8) is 0 Å². The topological polar surface area (TPSA) is 41.6 Å². The van der Waals surface area contributed by atoms with Gasteiger partial charge >= 0.3 is 6.09 Å². The van der Waals surface area contributed by atoms with Gasteiger partial charge in [0.2, 0.25) is 0 Å². The number of benzene rings is 1. The Kier molecular flexibility index (Phi) is 8.67. The van der Waals surface area contributed by atoms with Gasteiger partial charge in [-0.2, -0.15) is 0 Å². The molecule has 2 aliphatic heterocycles. The zero-order valence-electron chi connectivity index (χ0n) is 17.2. The lowest BCUT2D eigenvalue weighted by Crippen LogP contribution is -2.44. The molecule has 0 aliphatic carbocycles. The van der Waals surface area contributed by atoms with Crippen molar-refractivity contribution in [3.05, 3.63) is 35.9 Å². The van der Waals surface area contributed by atoms with Gasteiger partial charge in [0.05, 0.1) is 0 Å². The highest BCUT2D eigenvalue weighted by Crippen LogP contribution is 2.29. The van der Waals surface area contributed by atoms with E-state index in [2.05, 4.69) is 5.32 Å². The fraction of sp³-hybridized carbons (Fsp3) is 0.682. The number of piperidine rings is 2. The quantitative estimate of drug-likeness (QED) is 0.776. The molecule has 0 atom stereocenters. The summed E-state index contributed by atoms with van der Waals surface area (Å²) in [5.74, 6) is 0. The predicted molar refractivity (Wildman–Crippen MR) is 108 cm³/mol. The highest BCUT2D eigenvalue weighted by Gasteiger charge is 2.34. The van der Waals surface area contributed by atoms with E-state index in [1.807, 2.05) is 44.2 Å². The Bertz CT molecular complexity index is 583. The monoisotopic (exact) mass is 396 g/mol. The van der Waals surface area contributed by atoms with E-state index >= 15 is 0 Å². The number of nitrogens with one attached hydrogen (secondary N) is 1. The zero-order chi connectivity index (χ0) is 20.5. The summed E-state index contributed by atoms with van der Waals surface area (Å²) in [6.07, 6.45) is 3.05. The first-order valence-electron chi connectivity index (χ1n) is 10.4. The highest BCUT2D eigenvalue weighted by molar-refractivity contribution is 5.67. The molecule has 1 amide bonds. The molecule has 0 bridgehead atoms. The average Bonchev–Trinajstić information content (AvgIpc) is 2.74. The average molecular weight is 397 g/mol. The van der Waals surface area contributed by atoms with Crippen LogP contribution in [0.2, 0.25) is 0 Å². The molecule has 2 fully saturated rings. The first-order valence-corrected chi connectivity index (χ1v) is 10.4. The van der Waals surface area contributed by atoms with E-state index in [1.54, 1.807) is 4.90 Å². The molecule has 4 nitrogen and oxygen atoms in total. The van der Waals surface area contributed by atoms with Crippen LogP contribution in [0.4, 0.5) is 13.6 Å². The number of hydrogen-bond donors (Lipinski definition) is 1. The van der Waals surface area contributed by atoms with E-state index in [4.69, 9.17) is 4.74 Å². The Balaban J connectivity index is 0.000000261.